The number of hydrogen-bond donors (Lipinski definition) is 1. The third kappa shape index (κ3) is 4.04. The molecule has 1 N–H and O–H groups in total. The Kier molecular flexibility index (Phi) is 5.31. The van der Waals surface area contributed by atoms with E-state index in [2.05, 4.69) is 17.4 Å². The number of furan rings is 1. The summed E-state index contributed by atoms with van der Waals surface area (Å²) in [6.45, 7) is 1.87. The number of piperidine rings is 1. The topological polar surface area (TPSA) is 62.6 Å². The summed E-state index contributed by atoms with van der Waals surface area (Å²) in [7, 11) is 0. The van der Waals surface area contributed by atoms with Crippen LogP contribution in [0.4, 0.5) is 0 Å². The fourth-order valence-corrected chi connectivity index (χ4v) is 3.03. The molecule has 2 amide bonds. The smallest absolute Gasteiger partial charge is 0.257 e. The van der Waals surface area contributed by atoms with Gasteiger partial charge >= 0.3 is 0 Å². The average Bonchev–Trinajstić information content (AvgIpc) is 3.17. The van der Waals surface area contributed by atoms with E-state index in [-0.39, 0.29) is 17.7 Å². The van der Waals surface area contributed by atoms with Gasteiger partial charge in [-0.15, -0.1) is 0 Å². The first-order valence-corrected chi connectivity index (χ1v) is 8.37. The van der Waals surface area contributed by atoms with Gasteiger partial charge in [0.1, 0.15) is 6.26 Å². The van der Waals surface area contributed by atoms with Crippen LogP contribution in [-0.4, -0.2) is 36.3 Å². The molecule has 2 aromatic rings. The quantitative estimate of drug-likeness (QED) is 0.918. The maximum atomic E-state index is 12.3. The highest BCUT2D eigenvalue weighted by Gasteiger charge is 2.27. The van der Waals surface area contributed by atoms with Crippen LogP contribution in [0.2, 0.25) is 0 Å². The third-order valence-corrected chi connectivity index (χ3v) is 4.48. The van der Waals surface area contributed by atoms with Crippen LogP contribution in [0, 0.1) is 5.92 Å². The van der Waals surface area contributed by atoms with E-state index in [4.69, 9.17) is 4.42 Å². The predicted molar refractivity (Wildman–Crippen MR) is 90.5 cm³/mol. The van der Waals surface area contributed by atoms with E-state index in [0.717, 1.165) is 6.42 Å². The zero-order chi connectivity index (χ0) is 16.8. The molecule has 1 aromatic carbocycles. The molecule has 0 bridgehead atoms. The predicted octanol–water partition coefficient (Wildman–Crippen LogP) is 2.49. The second-order valence-electron chi connectivity index (χ2n) is 6.11. The zero-order valence-electron chi connectivity index (χ0n) is 13.6. The van der Waals surface area contributed by atoms with Crippen LogP contribution in [0.1, 0.15) is 28.8 Å². The Balaban J connectivity index is 1.41. The van der Waals surface area contributed by atoms with Crippen LogP contribution in [0.3, 0.4) is 0 Å². The monoisotopic (exact) mass is 326 g/mol. The molecular weight excluding hydrogens is 304 g/mol. The lowest BCUT2D eigenvalue weighted by molar-refractivity contribution is -0.126. The molecule has 1 fully saturated rings. The number of rotatable bonds is 5. The van der Waals surface area contributed by atoms with Gasteiger partial charge in [0, 0.05) is 25.6 Å². The molecule has 5 nitrogen and oxygen atoms in total. The molecule has 1 aliphatic rings. The van der Waals surface area contributed by atoms with Crippen molar-refractivity contribution in [1.82, 2.24) is 10.2 Å². The lowest BCUT2D eigenvalue weighted by Gasteiger charge is -2.31. The van der Waals surface area contributed by atoms with Crippen molar-refractivity contribution in [2.24, 2.45) is 5.92 Å². The van der Waals surface area contributed by atoms with Gasteiger partial charge in [0.15, 0.2) is 0 Å². The van der Waals surface area contributed by atoms with E-state index in [0.29, 0.717) is 38.0 Å². The molecule has 1 saturated heterocycles. The first-order chi connectivity index (χ1) is 11.7. The van der Waals surface area contributed by atoms with Crippen molar-refractivity contribution in [2.75, 3.05) is 19.6 Å². The molecule has 0 atom stereocenters. The summed E-state index contributed by atoms with van der Waals surface area (Å²) in [5, 5.41) is 3.02. The summed E-state index contributed by atoms with van der Waals surface area (Å²) in [5.74, 6) is 0.0715. The van der Waals surface area contributed by atoms with E-state index < -0.39 is 0 Å². The molecule has 1 aromatic heterocycles. The molecular formula is C19H22N2O3. The van der Waals surface area contributed by atoms with Crippen LogP contribution < -0.4 is 5.32 Å². The molecule has 0 radical (unpaired) electrons. The summed E-state index contributed by atoms with van der Waals surface area (Å²) < 4.78 is 4.95. The number of carbonyl (C=O) groups is 2. The first kappa shape index (κ1) is 16.3. The van der Waals surface area contributed by atoms with Gasteiger partial charge in [0.05, 0.1) is 11.8 Å². The van der Waals surface area contributed by atoms with Gasteiger partial charge in [0.25, 0.3) is 5.91 Å². The van der Waals surface area contributed by atoms with E-state index in [1.165, 1.54) is 18.1 Å². The maximum absolute atomic E-state index is 12.3. The van der Waals surface area contributed by atoms with Crippen molar-refractivity contribution in [3.8, 4) is 0 Å². The van der Waals surface area contributed by atoms with E-state index in [1.807, 2.05) is 18.2 Å². The van der Waals surface area contributed by atoms with Gasteiger partial charge < -0.3 is 14.6 Å². The van der Waals surface area contributed by atoms with Crippen LogP contribution in [0.5, 0.6) is 0 Å². The normalized spacial score (nSPS) is 15.2. The third-order valence-electron chi connectivity index (χ3n) is 4.48. The highest BCUT2D eigenvalue weighted by atomic mass is 16.3. The Morgan fingerprint density at radius 1 is 1.12 bits per heavy atom. The molecule has 0 saturated carbocycles. The minimum absolute atomic E-state index is 0.00540. The van der Waals surface area contributed by atoms with Crippen molar-refractivity contribution in [3.63, 3.8) is 0 Å². The standard InChI is InChI=1S/C19H22N2O3/c22-18(20-10-6-15-4-2-1-3-5-15)16-7-11-21(12-8-16)19(23)17-9-13-24-14-17/h1-5,9,13-14,16H,6-8,10-12H2,(H,20,22). The van der Waals surface area contributed by atoms with Crippen molar-refractivity contribution in [1.29, 1.82) is 0 Å². The molecule has 0 spiro atoms. The van der Waals surface area contributed by atoms with Crippen molar-refractivity contribution < 1.29 is 14.0 Å². The summed E-state index contributed by atoms with van der Waals surface area (Å²) in [5.41, 5.74) is 1.79. The van der Waals surface area contributed by atoms with Crippen LogP contribution in [0.15, 0.2) is 53.3 Å². The van der Waals surface area contributed by atoms with Crippen molar-refractivity contribution in [3.05, 3.63) is 60.1 Å². The minimum atomic E-state index is -0.0216. The van der Waals surface area contributed by atoms with Gasteiger partial charge in [-0.25, -0.2) is 0 Å². The highest BCUT2D eigenvalue weighted by molar-refractivity contribution is 5.94. The van der Waals surface area contributed by atoms with Crippen molar-refractivity contribution >= 4 is 11.8 Å². The number of hydrogen-bond acceptors (Lipinski definition) is 3. The molecule has 0 aliphatic carbocycles. The maximum Gasteiger partial charge on any atom is 0.257 e. The van der Waals surface area contributed by atoms with Crippen LogP contribution in [0.25, 0.3) is 0 Å². The Labute approximate surface area is 141 Å². The van der Waals surface area contributed by atoms with Gasteiger partial charge in [-0.1, -0.05) is 30.3 Å². The van der Waals surface area contributed by atoms with Gasteiger partial charge in [0.2, 0.25) is 5.91 Å². The lowest BCUT2D eigenvalue weighted by Crippen LogP contribution is -2.43. The van der Waals surface area contributed by atoms with Crippen LogP contribution in [-0.2, 0) is 11.2 Å². The fraction of sp³-hybridized carbons (Fsp3) is 0.368. The molecule has 5 heteroatoms. The number of benzene rings is 1. The van der Waals surface area contributed by atoms with Gasteiger partial charge in [-0.3, -0.25) is 9.59 Å². The zero-order valence-corrected chi connectivity index (χ0v) is 13.6. The summed E-state index contributed by atoms with van der Waals surface area (Å²) in [6, 6.07) is 11.8. The summed E-state index contributed by atoms with van der Waals surface area (Å²) in [4.78, 5) is 26.3. The minimum Gasteiger partial charge on any atom is -0.472 e. The summed E-state index contributed by atoms with van der Waals surface area (Å²) in [6.07, 6.45) is 5.22. The molecule has 2 heterocycles. The number of carbonyl (C=O) groups excluding carboxylic acids is 2. The Morgan fingerprint density at radius 2 is 1.88 bits per heavy atom. The number of nitrogens with one attached hydrogen (secondary N) is 1. The first-order valence-electron chi connectivity index (χ1n) is 8.37. The molecule has 24 heavy (non-hydrogen) atoms. The number of nitrogens with zero attached hydrogens (tertiary/aromatic N) is 1. The largest absolute Gasteiger partial charge is 0.472 e. The van der Waals surface area contributed by atoms with Gasteiger partial charge in [-0.2, -0.15) is 0 Å². The second-order valence-corrected chi connectivity index (χ2v) is 6.11. The molecule has 1 aliphatic heterocycles. The molecule has 3 rings (SSSR count). The van der Waals surface area contributed by atoms with Crippen molar-refractivity contribution in [2.45, 2.75) is 19.3 Å². The van der Waals surface area contributed by atoms with E-state index in [1.54, 1.807) is 11.0 Å². The van der Waals surface area contributed by atoms with Gasteiger partial charge in [-0.05, 0) is 30.9 Å². The Bertz CT molecular complexity index is 659. The van der Waals surface area contributed by atoms with E-state index in [9.17, 15) is 9.59 Å². The second kappa shape index (κ2) is 7.81. The van der Waals surface area contributed by atoms with Crippen LogP contribution >= 0.6 is 0 Å². The van der Waals surface area contributed by atoms with E-state index >= 15 is 0 Å². The SMILES string of the molecule is O=C(NCCc1ccccc1)C1CCN(C(=O)c2ccoc2)CC1. The average molecular weight is 326 g/mol. The fourth-order valence-electron chi connectivity index (χ4n) is 3.03. The molecule has 0 unspecified atom stereocenters. The number of amides is 2. The lowest BCUT2D eigenvalue weighted by atomic mass is 9.95. The summed E-state index contributed by atoms with van der Waals surface area (Å²) >= 11 is 0. The molecule has 126 valence electrons. The Hall–Kier alpha value is -2.56. The number of likely N-dealkylation sites (tertiary alicyclic amines) is 1. The Morgan fingerprint density at radius 3 is 2.54 bits per heavy atom. The highest BCUT2D eigenvalue weighted by Crippen LogP contribution is 2.19.